The zero-order valence-corrected chi connectivity index (χ0v) is 11.9. The van der Waals surface area contributed by atoms with Crippen molar-refractivity contribution in [1.82, 2.24) is 25.1 Å². The van der Waals surface area contributed by atoms with Gasteiger partial charge in [0.05, 0.1) is 11.0 Å². The predicted molar refractivity (Wildman–Crippen MR) is 79.2 cm³/mol. The van der Waals surface area contributed by atoms with E-state index in [2.05, 4.69) is 30.5 Å². The number of aromatic amines is 2. The molecular weight excluding hydrogens is 268 g/mol. The molecule has 7 heteroatoms. The van der Waals surface area contributed by atoms with Gasteiger partial charge in [0.1, 0.15) is 11.6 Å². The van der Waals surface area contributed by atoms with Gasteiger partial charge in [-0.15, -0.1) is 5.10 Å². The summed E-state index contributed by atoms with van der Waals surface area (Å²) in [6.45, 7) is 3.94. The molecule has 2 aromatic heterocycles. The number of hydrogen-bond donors (Lipinski definition) is 3. The lowest BCUT2D eigenvalue weighted by Crippen LogP contribution is -2.13. The second-order valence-electron chi connectivity index (χ2n) is 4.86. The molecule has 0 atom stereocenters. The summed E-state index contributed by atoms with van der Waals surface area (Å²) in [5, 5.41) is 9.48. The Kier molecular flexibility index (Phi) is 3.39. The van der Waals surface area contributed by atoms with Crippen molar-refractivity contribution < 1.29 is 4.79 Å². The molecule has 0 unspecified atom stereocenters. The van der Waals surface area contributed by atoms with E-state index in [0.29, 0.717) is 5.69 Å². The molecule has 0 radical (unpaired) electrons. The lowest BCUT2D eigenvalue weighted by Gasteiger charge is -2.01. The highest BCUT2D eigenvalue weighted by molar-refractivity contribution is 6.02. The smallest absolute Gasteiger partial charge is 0.295 e. The number of H-pyrrole nitrogens is 2. The van der Waals surface area contributed by atoms with Gasteiger partial charge in [0.25, 0.3) is 5.91 Å². The third-order valence-corrected chi connectivity index (χ3v) is 3.08. The molecule has 0 spiro atoms. The first-order valence-electron chi connectivity index (χ1n) is 6.84. The number of imidazole rings is 1. The molecule has 3 aromatic rings. The molecular formula is C14H16N6O. The van der Waals surface area contributed by atoms with Crippen molar-refractivity contribution >= 4 is 22.6 Å². The van der Waals surface area contributed by atoms with Crippen LogP contribution in [0.5, 0.6) is 0 Å². The van der Waals surface area contributed by atoms with Crippen LogP contribution in [-0.2, 0) is 6.42 Å². The molecule has 1 aromatic carbocycles. The highest BCUT2D eigenvalue weighted by Gasteiger charge is 2.13. The molecule has 0 aliphatic rings. The summed E-state index contributed by atoms with van der Waals surface area (Å²) in [4.78, 5) is 23.7. The first-order chi connectivity index (χ1) is 10.2. The maximum Gasteiger partial charge on any atom is 0.295 e. The Morgan fingerprint density at radius 1 is 1.33 bits per heavy atom. The summed E-state index contributed by atoms with van der Waals surface area (Å²) in [5.74, 6) is 1.39. The summed E-state index contributed by atoms with van der Waals surface area (Å²) in [6.07, 6.45) is 1.73. The highest BCUT2D eigenvalue weighted by Crippen LogP contribution is 2.17. The number of anilines is 1. The molecule has 2 heterocycles. The Morgan fingerprint density at radius 3 is 3.00 bits per heavy atom. The number of benzene rings is 1. The summed E-state index contributed by atoms with van der Waals surface area (Å²) in [6, 6.07) is 5.50. The monoisotopic (exact) mass is 284 g/mol. The normalized spacial score (nSPS) is 11.0. The first-order valence-corrected chi connectivity index (χ1v) is 6.84. The Hall–Kier alpha value is -2.70. The van der Waals surface area contributed by atoms with Gasteiger partial charge in [-0.1, -0.05) is 6.92 Å². The Morgan fingerprint density at radius 2 is 2.19 bits per heavy atom. The van der Waals surface area contributed by atoms with Crippen molar-refractivity contribution in [2.45, 2.75) is 26.7 Å². The molecule has 1 amide bonds. The fourth-order valence-electron chi connectivity index (χ4n) is 2.15. The van der Waals surface area contributed by atoms with E-state index >= 15 is 0 Å². The Balaban J connectivity index is 1.78. The van der Waals surface area contributed by atoms with Crippen molar-refractivity contribution in [2.75, 3.05) is 5.32 Å². The van der Waals surface area contributed by atoms with Crippen LogP contribution in [0, 0.1) is 6.92 Å². The average Bonchev–Trinajstić information content (AvgIpc) is 3.04. The molecule has 0 aliphatic heterocycles. The molecule has 0 saturated carbocycles. The van der Waals surface area contributed by atoms with Crippen LogP contribution in [-0.4, -0.2) is 31.1 Å². The lowest BCUT2D eigenvalue weighted by molar-refractivity contribution is 0.101. The van der Waals surface area contributed by atoms with E-state index in [1.165, 1.54) is 0 Å². The van der Waals surface area contributed by atoms with Gasteiger partial charge in [0.15, 0.2) is 0 Å². The van der Waals surface area contributed by atoms with Crippen LogP contribution in [0.1, 0.15) is 35.6 Å². The minimum Gasteiger partial charge on any atom is -0.342 e. The quantitative estimate of drug-likeness (QED) is 0.683. The van der Waals surface area contributed by atoms with Gasteiger partial charge in [-0.2, -0.15) is 0 Å². The van der Waals surface area contributed by atoms with Crippen LogP contribution in [0.4, 0.5) is 5.69 Å². The fourth-order valence-corrected chi connectivity index (χ4v) is 2.15. The second kappa shape index (κ2) is 5.35. The van der Waals surface area contributed by atoms with Gasteiger partial charge < -0.3 is 10.3 Å². The van der Waals surface area contributed by atoms with E-state index < -0.39 is 0 Å². The van der Waals surface area contributed by atoms with Crippen molar-refractivity contribution in [3.05, 3.63) is 35.7 Å². The van der Waals surface area contributed by atoms with Gasteiger partial charge >= 0.3 is 0 Å². The zero-order chi connectivity index (χ0) is 14.8. The average molecular weight is 284 g/mol. The van der Waals surface area contributed by atoms with E-state index in [4.69, 9.17) is 0 Å². The highest BCUT2D eigenvalue weighted by atomic mass is 16.2. The third-order valence-electron chi connectivity index (χ3n) is 3.08. The molecule has 108 valence electrons. The molecule has 0 fully saturated rings. The summed E-state index contributed by atoms with van der Waals surface area (Å²) in [5.41, 5.74) is 2.43. The Labute approximate surface area is 121 Å². The van der Waals surface area contributed by atoms with E-state index in [-0.39, 0.29) is 11.7 Å². The number of carbonyl (C=O) groups excluding carboxylic acids is 1. The van der Waals surface area contributed by atoms with Crippen LogP contribution in [0.3, 0.4) is 0 Å². The SMILES string of the molecule is CCCc1nc(C(=O)Nc2ccc3nc(C)[nH]c3c2)n[nH]1. The van der Waals surface area contributed by atoms with Crippen LogP contribution >= 0.6 is 0 Å². The minimum absolute atomic E-state index is 0.152. The zero-order valence-electron chi connectivity index (χ0n) is 11.9. The van der Waals surface area contributed by atoms with Crippen LogP contribution in [0.25, 0.3) is 11.0 Å². The molecule has 0 saturated heterocycles. The van der Waals surface area contributed by atoms with E-state index in [1.54, 1.807) is 6.07 Å². The standard InChI is InChI=1S/C14H16N6O/c1-3-4-12-18-13(20-19-12)14(21)17-9-5-6-10-11(7-9)16-8(2)15-10/h5-7H,3-4H2,1-2H3,(H,15,16)(H,17,21)(H,18,19,20). The van der Waals surface area contributed by atoms with Gasteiger partial charge in [0.2, 0.25) is 5.82 Å². The molecule has 21 heavy (non-hydrogen) atoms. The Bertz CT molecular complexity index is 788. The number of aromatic nitrogens is 5. The maximum atomic E-state index is 12.1. The van der Waals surface area contributed by atoms with Crippen LogP contribution in [0.2, 0.25) is 0 Å². The number of nitrogens with zero attached hydrogens (tertiary/aromatic N) is 3. The van der Waals surface area contributed by atoms with Crippen molar-refractivity contribution in [1.29, 1.82) is 0 Å². The van der Waals surface area contributed by atoms with Gasteiger partial charge in [0, 0.05) is 12.1 Å². The summed E-state index contributed by atoms with van der Waals surface area (Å²) in [7, 11) is 0. The number of aryl methyl sites for hydroxylation is 2. The third kappa shape index (κ3) is 2.76. The predicted octanol–water partition coefficient (Wildman–Crippen LogP) is 2.19. The summed E-state index contributed by atoms with van der Waals surface area (Å²) >= 11 is 0. The number of nitrogens with one attached hydrogen (secondary N) is 3. The number of rotatable bonds is 4. The second-order valence-corrected chi connectivity index (χ2v) is 4.86. The lowest BCUT2D eigenvalue weighted by atomic mass is 10.2. The largest absolute Gasteiger partial charge is 0.342 e. The first kappa shape index (κ1) is 13.3. The van der Waals surface area contributed by atoms with E-state index in [1.807, 2.05) is 26.0 Å². The molecule has 0 bridgehead atoms. The molecule has 7 nitrogen and oxygen atoms in total. The topological polar surface area (TPSA) is 99.3 Å². The fraction of sp³-hybridized carbons (Fsp3) is 0.286. The minimum atomic E-state index is -0.329. The van der Waals surface area contributed by atoms with Crippen molar-refractivity contribution in [3.8, 4) is 0 Å². The molecule has 3 N–H and O–H groups in total. The number of amides is 1. The van der Waals surface area contributed by atoms with Gasteiger partial charge in [-0.05, 0) is 31.5 Å². The number of fused-ring (bicyclic) bond motifs is 1. The molecule has 0 aliphatic carbocycles. The molecule has 3 rings (SSSR count). The van der Waals surface area contributed by atoms with Gasteiger partial charge in [-0.3, -0.25) is 9.89 Å². The maximum absolute atomic E-state index is 12.1. The number of hydrogen-bond acceptors (Lipinski definition) is 4. The van der Waals surface area contributed by atoms with Gasteiger partial charge in [-0.25, -0.2) is 9.97 Å². The van der Waals surface area contributed by atoms with Crippen molar-refractivity contribution in [2.24, 2.45) is 0 Å². The van der Waals surface area contributed by atoms with Crippen LogP contribution in [0.15, 0.2) is 18.2 Å². The van der Waals surface area contributed by atoms with E-state index in [9.17, 15) is 4.79 Å². The van der Waals surface area contributed by atoms with Crippen LogP contribution < -0.4 is 5.32 Å². The van der Waals surface area contributed by atoms with Crippen molar-refractivity contribution in [3.63, 3.8) is 0 Å². The number of carbonyl (C=O) groups is 1. The van der Waals surface area contributed by atoms with E-state index in [0.717, 1.165) is 35.5 Å². The summed E-state index contributed by atoms with van der Waals surface area (Å²) < 4.78 is 0.